The maximum absolute atomic E-state index is 11.6. The van der Waals surface area contributed by atoms with Gasteiger partial charge in [0.25, 0.3) is 0 Å². The highest BCUT2D eigenvalue weighted by Gasteiger charge is 2.19. The Morgan fingerprint density at radius 1 is 1.00 bits per heavy atom. The van der Waals surface area contributed by atoms with E-state index in [-0.39, 0.29) is 5.41 Å². The summed E-state index contributed by atoms with van der Waals surface area (Å²) in [4.78, 5) is 11.6. The van der Waals surface area contributed by atoms with Crippen LogP contribution in [0, 0.1) is 17.8 Å². The molecule has 0 saturated carbocycles. The molecule has 1 nitrogen and oxygen atoms in total. The van der Waals surface area contributed by atoms with Crippen LogP contribution >= 0.6 is 0 Å². The Bertz CT molecular complexity index is 227. The van der Waals surface area contributed by atoms with Crippen molar-refractivity contribution < 1.29 is 4.79 Å². The Morgan fingerprint density at radius 2 is 1.50 bits per heavy atom. The predicted octanol–water partition coefficient (Wildman–Crippen LogP) is 4.36. The predicted molar refractivity (Wildman–Crippen MR) is 70.2 cm³/mol. The highest BCUT2D eigenvalue weighted by molar-refractivity contribution is 5.83. The molecule has 0 heterocycles. The van der Waals surface area contributed by atoms with E-state index < -0.39 is 0 Å². The van der Waals surface area contributed by atoms with Gasteiger partial charge in [0.05, 0.1) is 0 Å². The van der Waals surface area contributed by atoms with Gasteiger partial charge in [-0.15, -0.1) is 12.3 Å². The van der Waals surface area contributed by atoms with Gasteiger partial charge < -0.3 is 0 Å². The van der Waals surface area contributed by atoms with E-state index in [1.807, 2.05) is 20.8 Å². The lowest BCUT2D eigenvalue weighted by molar-refractivity contribution is -0.126. The van der Waals surface area contributed by atoms with Crippen LogP contribution in [0.5, 0.6) is 0 Å². The molecule has 1 heteroatoms. The second-order valence-corrected chi connectivity index (χ2v) is 5.50. The van der Waals surface area contributed by atoms with E-state index in [4.69, 9.17) is 6.42 Å². The third kappa shape index (κ3) is 8.53. The topological polar surface area (TPSA) is 17.1 Å². The number of rotatable bonds is 8. The van der Waals surface area contributed by atoms with Gasteiger partial charge in [0.15, 0.2) is 0 Å². The average Bonchev–Trinajstić information content (AvgIpc) is 2.20. The molecule has 0 aromatic rings. The van der Waals surface area contributed by atoms with E-state index in [1.54, 1.807) is 0 Å². The number of unbranched alkanes of at least 4 members (excludes halogenated alkanes) is 6. The van der Waals surface area contributed by atoms with E-state index in [2.05, 4.69) is 5.92 Å². The van der Waals surface area contributed by atoms with Crippen molar-refractivity contribution in [2.75, 3.05) is 0 Å². The Morgan fingerprint density at radius 3 is 2.00 bits per heavy atom. The first-order valence-corrected chi connectivity index (χ1v) is 6.45. The molecular weight excluding hydrogens is 196 g/mol. The summed E-state index contributed by atoms with van der Waals surface area (Å²) in [7, 11) is 0. The zero-order valence-electron chi connectivity index (χ0n) is 11.1. The smallest absolute Gasteiger partial charge is 0.138 e. The van der Waals surface area contributed by atoms with Crippen molar-refractivity contribution in [1.29, 1.82) is 0 Å². The van der Waals surface area contributed by atoms with Crippen LogP contribution in [-0.4, -0.2) is 5.78 Å². The van der Waals surface area contributed by atoms with Crippen molar-refractivity contribution >= 4 is 5.78 Å². The van der Waals surface area contributed by atoms with E-state index in [0.29, 0.717) is 5.78 Å². The fourth-order valence-electron chi connectivity index (χ4n) is 1.59. The molecule has 0 aromatic heterocycles. The van der Waals surface area contributed by atoms with Gasteiger partial charge in [-0.1, -0.05) is 46.5 Å². The first-order valence-electron chi connectivity index (χ1n) is 6.45. The second kappa shape index (κ2) is 8.39. The van der Waals surface area contributed by atoms with Crippen molar-refractivity contribution in [3.63, 3.8) is 0 Å². The van der Waals surface area contributed by atoms with Crippen molar-refractivity contribution in [1.82, 2.24) is 0 Å². The fraction of sp³-hybridized carbons (Fsp3) is 0.800. The summed E-state index contributed by atoms with van der Waals surface area (Å²) in [5, 5.41) is 0. The first kappa shape index (κ1) is 15.2. The molecule has 0 aliphatic rings. The Hall–Kier alpha value is -0.770. The van der Waals surface area contributed by atoms with Crippen LogP contribution in [0.25, 0.3) is 0 Å². The molecule has 0 aliphatic heterocycles. The number of carbonyl (C=O) groups excluding carboxylic acids is 1. The Kier molecular flexibility index (Phi) is 7.99. The van der Waals surface area contributed by atoms with Gasteiger partial charge in [0, 0.05) is 18.3 Å². The average molecular weight is 222 g/mol. The van der Waals surface area contributed by atoms with Crippen LogP contribution in [0.1, 0.15) is 72.1 Å². The number of terminal acetylenes is 1. The molecule has 0 radical (unpaired) electrons. The van der Waals surface area contributed by atoms with E-state index in [9.17, 15) is 4.79 Å². The summed E-state index contributed by atoms with van der Waals surface area (Å²) < 4.78 is 0. The number of ketones is 1. The van der Waals surface area contributed by atoms with Crippen LogP contribution in [0.2, 0.25) is 0 Å². The minimum Gasteiger partial charge on any atom is -0.299 e. The third-order valence-electron chi connectivity index (χ3n) is 2.81. The molecule has 16 heavy (non-hydrogen) atoms. The lowest BCUT2D eigenvalue weighted by Gasteiger charge is -2.16. The van der Waals surface area contributed by atoms with Crippen molar-refractivity contribution in [3.05, 3.63) is 0 Å². The number of carbonyl (C=O) groups is 1. The largest absolute Gasteiger partial charge is 0.299 e. The van der Waals surface area contributed by atoms with Gasteiger partial charge in [-0.05, 0) is 12.8 Å². The Balaban J connectivity index is 3.28. The van der Waals surface area contributed by atoms with Crippen LogP contribution in [0.4, 0.5) is 0 Å². The normalized spacial score (nSPS) is 11.1. The van der Waals surface area contributed by atoms with Crippen LogP contribution < -0.4 is 0 Å². The standard InChI is InChI=1S/C15H26O/c1-5-6-7-8-9-10-11-12-13-14(16)15(2,3)4/h1H,6-13H2,2-4H3. The number of hydrogen-bond donors (Lipinski definition) is 0. The van der Waals surface area contributed by atoms with E-state index >= 15 is 0 Å². The highest BCUT2D eigenvalue weighted by Crippen LogP contribution is 2.19. The molecule has 0 rings (SSSR count). The molecule has 0 unspecified atom stereocenters. The summed E-state index contributed by atoms with van der Waals surface area (Å²) in [6.07, 6.45) is 13.9. The molecule has 0 spiro atoms. The van der Waals surface area contributed by atoms with Crippen molar-refractivity contribution in [3.8, 4) is 12.3 Å². The highest BCUT2D eigenvalue weighted by atomic mass is 16.1. The SMILES string of the molecule is C#CCCCCCCCCC(=O)C(C)(C)C. The molecule has 0 amide bonds. The zero-order valence-corrected chi connectivity index (χ0v) is 11.1. The number of Topliss-reactive ketones (excluding diaryl/α,β-unsaturated/α-hetero) is 1. The summed E-state index contributed by atoms with van der Waals surface area (Å²) in [5.41, 5.74) is -0.160. The zero-order chi connectivity index (χ0) is 12.4. The minimum atomic E-state index is -0.160. The van der Waals surface area contributed by atoms with Crippen LogP contribution in [0.15, 0.2) is 0 Å². The first-order chi connectivity index (χ1) is 7.48. The monoisotopic (exact) mass is 222 g/mol. The molecule has 0 atom stereocenters. The van der Waals surface area contributed by atoms with E-state index in [0.717, 1.165) is 25.7 Å². The van der Waals surface area contributed by atoms with Crippen LogP contribution in [-0.2, 0) is 4.79 Å². The molecule has 92 valence electrons. The number of hydrogen-bond acceptors (Lipinski definition) is 1. The Labute approximate surface area is 101 Å². The summed E-state index contributed by atoms with van der Waals surface area (Å²) >= 11 is 0. The van der Waals surface area contributed by atoms with Gasteiger partial charge >= 0.3 is 0 Å². The molecule has 0 N–H and O–H groups in total. The third-order valence-corrected chi connectivity index (χ3v) is 2.81. The van der Waals surface area contributed by atoms with Crippen molar-refractivity contribution in [2.45, 2.75) is 72.1 Å². The lowest BCUT2D eigenvalue weighted by atomic mass is 9.88. The summed E-state index contributed by atoms with van der Waals surface area (Å²) in [6, 6.07) is 0. The summed E-state index contributed by atoms with van der Waals surface area (Å²) in [6.45, 7) is 5.99. The van der Waals surface area contributed by atoms with Gasteiger partial charge in [0.2, 0.25) is 0 Å². The van der Waals surface area contributed by atoms with Gasteiger partial charge in [-0.2, -0.15) is 0 Å². The molecular formula is C15H26O. The lowest BCUT2D eigenvalue weighted by Crippen LogP contribution is -2.19. The van der Waals surface area contributed by atoms with Crippen molar-refractivity contribution in [2.24, 2.45) is 5.41 Å². The minimum absolute atomic E-state index is 0.160. The maximum Gasteiger partial charge on any atom is 0.138 e. The van der Waals surface area contributed by atoms with Gasteiger partial charge in [-0.3, -0.25) is 4.79 Å². The molecule has 0 saturated heterocycles. The second-order valence-electron chi connectivity index (χ2n) is 5.50. The molecule has 0 aliphatic carbocycles. The van der Waals surface area contributed by atoms with Gasteiger partial charge in [-0.25, -0.2) is 0 Å². The van der Waals surface area contributed by atoms with Crippen LogP contribution in [0.3, 0.4) is 0 Å². The van der Waals surface area contributed by atoms with E-state index in [1.165, 1.54) is 25.7 Å². The molecule has 0 aromatic carbocycles. The fourth-order valence-corrected chi connectivity index (χ4v) is 1.59. The molecule has 0 bridgehead atoms. The van der Waals surface area contributed by atoms with Gasteiger partial charge in [0.1, 0.15) is 5.78 Å². The summed E-state index contributed by atoms with van der Waals surface area (Å²) in [5.74, 6) is 3.05. The molecule has 0 fully saturated rings. The maximum atomic E-state index is 11.6. The quantitative estimate of drug-likeness (QED) is 0.440.